The second-order valence-electron chi connectivity index (χ2n) is 5.96. The number of hydrogen-bond donors (Lipinski definition) is 3. The monoisotopic (exact) mass is 450 g/mol. The highest BCUT2D eigenvalue weighted by Gasteiger charge is 2.16. The van der Waals surface area contributed by atoms with Gasteiger partial charge in [0.15, 0.2) is 5.16 Å². The third kappa shape index (κ3) is 5.22. The molecule has 3 aromatic rings. The summed E-state index contributed by atoms with van der Waals surface area (Å²) in [5.74, 6) is 1.86. The van der Waals surface area contributed by atoms with Gasteiger partial charge in [0.1, 0.15) is 5.75 Å². The van der Waals surface area contributed by atoms with Crippen LogP contribution in [0.1, 0.15) is 20.8 Å². The summed E-state index contributed by atoms with van der Waals surface area (Å²) in [6.45, 7) is 7.62. The van der Waals surface area contributed by atoms with Crippen molar-refractivity contribution in [1.29, 1.82) is 0 Å². The average molecular weight is 451 g/mol. The van der Waals surface area contributed by atoms with Crippen LogP contribution in [0.5, 0.6) is 5.75 Å². The van der Waals surface area contributed by atoms with Gasteiger partial charge in [-0.05, 0) is 39.0 Å². The minimum atomic E-state index is -0.227. The Morgan fingerprint density at radius 2 is 1.97 bits per heavy atom. The molecule has 0 fully saturated rings. The van der Waals surface area contributed by atoms with E-state index in [1.807, 2.05) is 20.8 Å². The lowest BCUT2D eigenvalue weighted by molar-refractivity contribution is -0.113. The number of ether oxygens (including phenoxy) is 1. The molecular weight excluding hydrogens is 428 g/mol. The second kappa shape index (κ2) is 10.3. The maximum Gasteiger partial charge on any atom is 0.261 e. The molecule has 0 spiro atoms. The number of aromatic nitrogens is 5. The van der Waals surface area contributed by atoms with Crippen molar-refractivity contribution in [3.8, 4) is 5.75 Å². The molecule has 1 amide bonds. The number of carbonyl (C=O) groups is 1. The van der Waals surface area contributed by atoms with Crippen LogP contribution in [0.2, 0.25) is 5.02 Å². The summed E-state index contributed by atoms with van der Waals surface area (Å²) < 4.78 is 7.23. The molecule has 160 valence electrons. The quantitative estimate of drug-likeness (QED) is 0.400. The molecule has 0 aliphatic heterocycles. The number of hydrogen-bond acceptors (Lipinski definition) is 9. The molecule has 0 saturated carbocycles. The van der Waals surface area contributed by atoms with E-state index in [1.54, 1.807) is 22.6 Å². The first-order chi connectivity index (χ1) is 14.5. The Morgan fingerprint density at radius 3 is 2.70 bits per heavy atom. The number of rotatable bonds is 10. The minimum Gasteiger partial charge on any atom is -0.492 e. The van der Waals surface area contributed by atoms with Crippen LogP contribution in [0.4, 0.5) is 17.6 Å². The number of anilines is 3. The molecule has 0 aliphatic rings. The molecule has 30 heavy (non-hydrogen) atoms. The fourth-order valence-electron chi connectivity index (χ4n) is 2.60. The molecule has 1 aromatic carbocycles. The molecule has 2 aromatic heterocycles. The molecule has 10 nitrogen and oxygen atoms in total. The van der Waals surface area contributed by atoms with Crippen LogP contribution >= 0.6 is 23.4 Å². The summed E-state index contributed by atoms with van der Waals surface area (Å²) in [6.07, 6.45) is 0. The van der Waals surface area contributed by atoms with Crippen molar-refractivity contribution in [2.75, 3.05) is 41.4 Å². The highest BCUT2D eigenvalue weighted by atomic mass is 35.5. The van der Waals surface area contributed by atoms with Gasteiger partial charge < -0.3 is 20.7 Å². The van der Waals surface area contributed by atoms with Crippen molar-refractivity contribution in [2.45, 2.75) is 25.9 Å². The summed E-state index contributed by atoms with van der Waals surface area (Å²) in [5, 5.41) is 18.4. The molecule has 2 heterocycles. The van der Waals surface area contributed by atoms with E-state index < -0.39 is 0 Å². The topological polar surface area (TPSA) is 118 Å². The van der Waals surface area contributed by atoms with Crippen LogP contribution in [0, 0.1) is 0 Å². The maximum absolute atomic E-state index is 12.5. The molecule has 0 unspecified atom stereocenters. The molecule has 12 heteroatoms. The van der Waals surface area contributed by atoms with Gasteiger partial charge in [-0.2, -0.15) is 9.97 Å². The van der Waals surface area contributed by atoms with E-state index in [1.165, 1.54) is 11.8 Å². The van der Waals surface area contributed by atoms with Crippen molar-refractivity contribution in [2.24, 2.45) is 0 Å². The van der Waals surface area contributed by atoms with Crippen LogP contribution in [-0.2, 0) is 4.79 Å². The van der Waals surface area contributed by atoms with Crippen LogP contribution in [-0.4, -0.2) is 55.9 Å². The maximum atomic E-state index is 12.5. The van der Waals surface area contributed by atoms with Crippen LogP contribution in [0.25, 0.3) is 5.78 Å². The van der Waals surface area contributed by atoms with Crippen molar-refractivity contribution in [1.82, 2.24) is 24.6 Å². The van der Waals surface area contributed by atoms with E-state index in [0.717, 1.165) is 0 Å². The van der Waals surface area contributed by atoms with Crippen molar-refractivity contribution in [3.63, 3.8) is 0 Å². The lowest BCUT2D eigenvalue weighted by Gasteiger charge is -2.12. The van der Waals surface area contributed by atoms with Gasteiger partial charge >= 0.3 is 0 Å². The summed E-state index contributed by atoms with van der Waals surface area (Å²) in [6, 6.07) is 5.09. The average Bonchev–Trinajstić information content (AvgIpc) is 3.12. The fraction of sp³-hybridized carbons (Fsp3) is 0.389. The summed E-state index contributed by atoms with van der Waals surface area (Å²) in [5.41, 5.74) is 0.521. The Balaban J connectivity index is 1.76. The standard InChI is InChI=1S/C18H23ClN8O2S/c1-4-20-15-23-16(21-5-2)27-17(24-15)25-26-18(27)30-10-14(28)22-12-9-11(19)7-8-13(12)29-6-3/h7-9H,4-6,10H2,1-3H3,(H,22,28)(H2,20,21,23,24,25). The summed E-state index contributed by atoms with van der Waals surface area (Å²) in [7, 11) is 0. The SMILES string of the molecule is CCNc1nc(NCC)n2c(SCC(=O)Nc3cc(Cl)ccc3OCC)nnc2n1. The first-order valence-electron chi connectivity index (χ1n) is 9.51. The first-order valence-corrected chi connectivity index (χ1v) is 10.9. The predicted molar refractivity (Wildman–Crippen MR) is 119 cm³/mol. The van der Waals surface area contributed by atoms with Crippen LogP contribution < -0.4 is 20.7 Å². The van der Waals surface area contributed by atoms with E-state index >= 15 is 0 Å². The van der Waals surface area contributed by atoms with E-state index in [2.05, 4.69) is 36.1 Å². The normalized spacial score (nSPS) is 10.8. The van der Waals surface area contributed by atoms with Gasteiger partial charge in [0.2, 0.25) is 17.8 Å². The number of carbonyl (C=O) groups excluding carboxylic acids is 1. The third-order valence-electron chi connectivity index (χ3n) is 3.76. The molecule has 3 rings (SSSR count). The van der Waals surface area contributed by atoms with E-state index in [-0.39, 0.29) is 11.7 Å². The fourth-order valence-corrected chi connectivity index (χ4v) is 3.50. The number of nitrogens with zero attached hydrogens (tertiary/aromatic N) is 5. The number of thioether (sulfide) groups is 1. The van der Waals surface area contributed by atoms with E-state index in [0.29, 0.717) is 59.0 Å². The van der Waals surface area contributed by atoms with Gasteiger partial charge in [0, 0.05) is 18.1 Å². The van der Waals surface area contributed by atoms with Gasteiger partial charge in [0.25, 0.3) is 5.78 Å². The van der Waals surface area contributed by atoms with Gasteiger partial charge in [-0.3, -0.25) is 4.79 Å². The number of nitrogens with one attached hydrogen (secondary N) is 3. The van der Waals surface area contributed by atoms with E-state index in [9.17, 15) is 4.79 Å². The Kier molecular flexibility index (Phi) is 7.52. The zero-order chi connectivity index (χ0) is 21.5. The molecule has 0 saturated heterocycles. The molecule has 3 N–H and O–H groups in total. The molecular formula is C18H23ClN8O2S. The molecule has 0 bridgehead atoms. The highest BCUT2D eigenvalue weighted by Crippen LogP contribution is 2.28. The number of fused-ring (bicyclic) bond motifs is 1. The van der Waals surface area contributed by atoms with E-state index in [4.69, 9.17) is 16.3 Å². The van der Waals surface area contributed by atoms with Crippen molar-refractivity contribution in [3.05, 3.63) is 23.2 Å². The Labute approximate surface area is 183 Å². The number of benzene rings is 1. The lowest BCUT2D eigenvalue weighted by atomic mass is 10.3. The smallest absolute Gasteiger partial charge is 0.261 e. The van der Waals surface area contributed by atoms with Crippen LogP contribution in [0.3, 0.4) is 0 Å². The van der Waals surface area contributed by atoms with Crippen LogP contribution in [0.15, 0.2) is 23.4 Å². The number of halogens is 1. The minimum absolute atomic E-state index is 0.111. The predicted octanol–water partition coefficient (Wildman–Crippen LogP) is 3.17. The zero-order valence-corrected chi connectivity index (χ0v) is 18.5. The highest BCUT2D eigenvalue weighted by molar-refractivity contribution is 7.99. The van der Waals surface area contributed by atoms with Crippen molar-refractivity contribution >= 4 is 52.6 Å². The first kappa shape index (κ1) is 21.9. The summed E-state index contributed by atoms with van der Waals surface area (Å²) >= 11 is 7.28. The largest absolute Gasteiger partial charge is 0.492 e. The van der Waals surface area contributed by atoms with Crippen molar-refractivity contribution < 1.29 is 9.53 Å². The number of amides is 1. The van der Waals surface area contributed by atoms with Gasteiger partial charge in [-0.15, -0.1) is 10.2 Å². The molecule has 0 radical (unpaired) electrons. The second-order valence-corrected chi connectivity index (χ2v) is 7.34. The lowest BCUT2D eigenvalue weighted by Crippen LogP contribution is -2.16. The third-order valence-corrected chi connectivity index (χ3v) is 4.93. The van der Waals surface area contributed by atoms with Gasteiger partial charge in [-0.1, -0.05) is 23.4 Å². The molecule has 0 aliphatic carbocycles. The Bertz CT molecular complexity index is 1030. The Morgan fingerprint density at radius 1 is 1.17 bits per heavy atom. The summed E-state index contributed by atoms with van der Waals surface area (Å²) in [4.78, 5) is 21.3. The zero-order valence-electron chi connectivity index (χ0n) is 16.9. The van der Waals surface area contributed by atoms with Gasteiger partial charge in [-0.25, -0.2) is 4.40 Å². The Hall–Kier alpha value is -2.79. The van der Waals surface area contributed by atoms with Gasteiger partial charge in [0.05, 0.1) is 18.0 Å². The molecule has 0 atom stereocenters.